The summed E-state index contributed by atoms with van der Waals surface area (Å²) >= 11 is 0. The van der Waals surface area contributed by atoms with Crippen LogP contribution in [0.4, 0.5) is 5.69 Å². The van der Waals surface area contributed by atoms with Crippen LogP contribution in [-0.4, -0.2) is 43.8 Å². The lowest BCUT2D eigenvalue weighted by Crippen LogP contribution is -2.34. The molecule has 1 aromatic rings. The molecule has 0 radical (unpaired) electrons. The van der Waals surface area contributed by atoms with Gasteiger partial charge < -0.3 is 5.32 Å². The van der Waals surface area contributed by atoms with Gasteiger partial charge in [0, 0.05) is 31.3 Å². The van der Waals surface area contributed by atoms with Gasteiger partial charge in [0.05, 0.1) is 9.82 Å². The smallest absolute Gasteiger partial charge is 0.272 e. The molecule has 1 saturated heterocycles. The minimum Gasteiger partial charge on any atom is -0.315 e. The number of nitrogens with zero attached hydrogens (tertiary/aromatic N) is 2. The predicted molar refractivity (Wildman–Crippen MR) is 81.3 cm³/mol. The van der Waals surface area contributed by atoms with Gasteiger partial charge in [0.25, 0.3) is 5.69 Å². The summed E-state index contributed by atoms with van der Waals surface area (Å²) < 4.78 is 26.4. The molecule has 1 N–H and O–H groups in total. The molecule has 118 valence electrons. The van der Waals surface area contributed by atoms with Crippen molar-refractivity contribution in [3.63, 3.8) is 0 Å². The van der Waals surface area contributed by atoms with E-state index in [0.717, 1.165) is 13.0 Å². The third-order valence-corrected chi connectivity index (χ3v) is 5.20. The van der Waals surface area contributed by atoms with E-state index in [1.54, 1.807) is 6.92 Å². The number of rotatable bonds is 3. The lowest BCUT2D eigenvalue weighted by molar-refractivity contribution is -0.385. The van der Waals surface area contributed by atoms with Gasteiger partial charge in [-0.1, -0.05) is 0 Å². The molecule has 0 atom stereocenters. The minimum atomic E-state index is -3.58. The Kier molecular flexibility index (Phi) is 6.09. The molecule has 0 unspecified atom stereocenters. The Bertz CT molecular complexity index is 613. The number of halogens is 1. The van der Waals surface area contributed by atoms with Crippen molar-refractivity contribution in [2.24, 2.45) is 0 Å². The minimum absolute atomic E-state index is 0. The number of aryl methyl sites for hydroxylation is 1. The van der Waals surface area contributed by atoms with Crippen LogP contribution in [0.3, 0.4) is 0 Å². The Balaban J connectivity index is 0.00000220. The summed E-state index contributed by atoms with van der Waals surface area (Å²) in [5.74, 6) is 0. The van der Waals surface area contributed by atoms with Crippen LogP contribution in [0.1, 0.15) is 12.0 Å². The molecule has 1 heterocycles. The fourth-order valence-electron chi connectivity index (χ4n) is 2.20. The maximum absolute atomic E-state index is 12.5. The Morgan fingerprint density at radius 1 is 1.29 bits per heavy atom. The number of nitrogens with one attached hydrogen (secondary N) is 1. The summed E-state index contributed by atoms with van der Waals surface area (Å²) in [5, 5.41) is 13.9. The summed E-state index contributed by atoms with van der Waals surface area (Å²) in [6.45, 7) is 3.83. The first kappa shape index (κ1) is 17.8. The van der Waals surface area contributed by atoms with Gasteiger partial charge in [0.15, 0.2) is 0 Å². The van der Waals surface area contributed by atoms with Crippen LogP contribution in [0.5, 0.6) is 0 Å². The van der Waals surface area contributed by atoms with Gasteiger partial charge in [0.2, 0.25) is 10.0 Å². The van der Waals surface area contributed by atoms with Crippen molar-refractivity contribution < 1.29 is 13.3 Å². The van der Waals surface area contributed by atoms with Crippen LogP contribution in [-0.2, 0) is 10.0 Å². The summed E-state index contributed by atoms with van der Waals surface area (Å²) in [6, 6.07) is 3.92. The van der Waals surface area contributed by atoms with Gasteiger partial charge in [-0.2, -0.15) is 4.31 Å². The number of hydrogen-bond donors (Lipinski definition) is 1. The molecule has 1 fully saturated rings. The normalized spacial score (nSPS) is 16.8. The van der Waals surface area contributed by atoms with Crippen LogP contribution in [0.15, 0.2) is 23.1 Å². The van der Waals surface area contributed by atoms with E-state index in [4.69, 9.17) is 0 Å². The lowest BCUT2D eigenvalue weighted by Gasteiger charge is -2.19. The second-order valence-corrected chi connectivity index (χ2v) is 6.65. The van der Waals surface area contributed by atoms with Crippen molar-refractivity contribution in [2.75, 3.05) is 26.2 Å². The highest BCUT2D eigenvalue weighted by molar-refractivity contribution is 7.89. The van der Waals surface area contributed by atoms with Crippen molar-refractivity contribution in [2.45, 2.75) is 18.2 Å². The Labute approximate surface area is 129 Å². The number of benzene rings is 1. The first-order chi connectivity index (χ1) is 9.43. The third-order valence-electron chi connectivity index (χ3n) is 3.30. The summed E-state index contributed by atoms with van der Waals surface area (Å²) in [7, 11) is -3.58. The maximum atomic E-state index is 12.5. The standard InChI is InChI=1S/C12H17N3O4S.ClH/c1-10-9-11(3-4-12(10)15(16)17)20(18,19)14-7-2-5-13-6-8-14;/h3-4,9,13H,2,5-8H2,1H3;1H. The predicted octanol–water partition coefficient (Wildman–Crippen LogP) is 1.31. The van der Waals surface area contributed by atoms with Gasteiger partial charge in [-0.15, -0.1) is 12.4 Å². The van der Waals surface area contributed by atoms with E-state index in [2.05, 4.69) is 5.32 Å². The summed E-state index contributed by atoms with van der Waals surface area (Å²) in [6.07, 6.45) is 0.755. The van der Waals surface area contributed by atoms with Crippen molar-refractivity contribution in [1.82, 2.24) is 9.62 Å². The fourth-order valence-corrected chi connectivity index (χ4v) is 3.77. The fraction of sp³-hybridized carbons (Fsp3) is 0.500. The molecular weight excluding hydrogens is 318 g/mol. The molecular formula is C12H18ClN3O4S. The highest BCUT2D eigenvalue weighted by atomic mass is 35.5. The monoisotopic (exact) mass is 335 g/mol. The number of hydrogen-bond acceptors (Lipinski definition) is 5. The molecule has 1 aliphatic heterocycles. The van der Waals surface area contributed by atoms with Crippen molar-refractivity contribution in [1.29, 1.82) is 0 Å². The van der Waals surface area contributed by atoms with E-state index in [1.165, 1.54) is 22.5 Å². The molecule has 0 bridgehead atoms. The van der Waals surface area contributed by atoms with Gasteiger partial charge >= 0.3 is 0 Å². The second kappa shape index (κ2) is 7.17. The zero-order valence-corrected chi connectivity index (χ0v) is 13.2. The van der Waals surface area contributed by atoms with Crippen molar-refractivity contribution in [3.8, 4) is 0 Å². The molecule has 21 heavy (non-hydrogen) atoms. The molecule has 1 aromatic carbocycles. The summed E-state index contributed by atoms with van der Waals surface area (Å²) in [5.41, 5.74) is 0.283. The highest BCUT2D eigenvalue weighted by Gasteiger charge is 2.26. The van der Waals surface area contributed by atoms with Crippen molar-refractivity contribution in [3.05, 3.63) is 33.9 Å². The Morgan fingerprint density at radius 2 is 2.00 bits per heavy atom. The molecule has 0 saturated carbocycles. The van der Waals surface area contributed by atoms with E-state index in [9.17, 15) is 18.5 Å². The SMILES string of the molecule is Cc1cc(S(=O)(=O)N2CCCNCC2)ccc1[N+](=O)[O-].Cl. The molecule has 0 spiro atoms. The van der Waals surface area contributed by atoms with Crippen LogP contribution in [0.25, 0.3) is 0 Å². The van der Waals surface area contributed by atoms with Gasteiger partial charge in [-0.25, -0.2) is 8.42 Å². The number of nitro benzene ring substituents is 1. The topological polar surface area (TPSA) is 92.6 Å². The molecule has 9 heteroatoms. The lowest BCUT2D eigenvalue weighted by atomic mass is 10.2. The largest absolute Gasteiger partial charge is 0.315 e. The number of nitro groups is 1. The van der Waals surface area contributed by atoms with Crippen LogP contribution in [0, 0.1) is 17.0 Å². The average Bonchev–Trinajstić information content (AvgIpc) is 2.67. The van der Waals surface area contributed by atoms with Gasteiger partial charge in [0.1, 0.15) is 0 Å². The highest BCUT2D eigenvalue weighted by Crippen LogP contribution is 2.24. The Hall–Kier alpha value is -1.22. The average molecular weight is 336 g/mol. The molecule has 7 nitrogen and oxygen atoms in total. The molecule has 0 amide bonds. The van der Waals surface area contributed by atoms with E-state index in [0.29, 0.717) is 25.2 Å². The van der Waals surface area contributed by atoms with Crippen LogP contribution in [0.2, 0.25) is 0 Å². The number of sulfonamides is 1. The van der Waals surface area contributed by atoms with Gasteiger partial charge in [-0.3, -0.25) is 10.1 Å². The first-order valence-electron chi connectivity index (χ1n) is 6.39. The van der Waals surface area contributed by atoms with E-state index < -0.39 is 14.9 Å². The quantitative estimate of drug-likeness (QED) is 0.664. The summed E-state index contributed by atoms with van der Waals surface area (Å²) in [4.78, 5) is 10.4. The van der Waals surface area contributed by atoms with Crippen LogP contribution >= 0.6 is 12.4 Å². The van der Waals surface area contributed by atoms with Crippen molar-refractivity contribution >= 4 is 28.1 Å². The zero-order chi connectivity index (χ0) is 14.8. The van der Waals surface area contributed by atoms with Gasteiger partial charge in [-0.05, 0) is 32.0 Å². The van der Waals surface area contributed by atoms with Crippen LogP contribution < -0.4 is 5.32 Å². The molecule has 2 rings (SSSR count). The zero-order valence-electron chi connectivity index (χ0n) is 11.6. The van der Waals surface area contributed by atoms with E-state index in [-0.39, 0.29) is 23.0 Å². The van der Waals surface area contributed by atoms with E-state index in [1.807, 2.05) is 0 Å². The third kappa shape index (κ3) is 3.91. The molecule has 0 aliphatic carbocycles. The Morgan fingerprint density at radius 3 is 2.62 bits per heavy atom. The maximum Gasteiger partial charge on any atom is 0.272 e. The van der Waals surface area contributed by atoms with E-state index >= 15 is 0 Å². The second-order valence-electron chi connectivity index (χ2n) is 4.71. The molecule has 1 aliphatic rings. The first-order valence-corrected chi connectivity index (χ1v) is 7.83. The molecule has 0 aromatic heterocycles.